The number of ether oxygens (including phenoxy) is 1. The van der Waals surface area contributed by atoms with Crippen LogP contribution < -0.4 is 25.6 Å². The molecule has 1 saturated carbocycles. The van der Waals surface area contributed by atoms with Crippen LogP contribution in [0, 0.1) is 6.92 Å². The molecule has 3 aromatic rings. The van der Waals surface area contributed by atoms with E-state index in [-0.39, 0.29) is 5.91 Å². The number of nitrogens with one attached hydrogen (secondary N) is 3. The Morgan fingerprint density at radius 2 is 1.89 bits per heavy atom. The molecule has 1 aliphatic carbocycles. The minimum Gasteiger partial charge on any atom is -0.489 e. The van der Waals surface area contributed by atoms with Crippen LogP contribution in [0.2, 0.25) is 0 Å². The second-order valence-electron chi connectivity index (χ2n) is 9.83. The van der Waals surface area contributed by atoms with Crippen molar-refractivity contribution in [2.24, 2.45) is 0 Å². The van der Waals surface area contributed by atoms with E-state index in [0.29, 0.717) is 17.4 Å². The lowest BCUT2D eigenvalue weighted by atomic mass is 10.1. The van der Waals surface area contributed by atoms with E-state index in [1.165, 1.54) is 18.5 Å². The number of benzene rings is 2. The standard InChI is InChI=1S/C28H32N6O2/c1-18-15-30-27(14-24(18)32-23-6-4-3-5-22(23)28(35)29-2)31-19-7-10-25-26(13-19)36-17-21-16-33(20-8-9-20)11-12-34(21)25/h3-7,10,13-15,20-21H,8-9,11-12,16-17H2,1-2H3,(H,29,35)(H2,30,31,32). The molecule has 3 heterocycles. The zero-order chi connectivity index (χ0) is 24.6. The summed E-state index contributed by atoms with van der Waals surface area (Å²) in [5.41, 5.74) is 5.31. The molecule has 2 fully saturated rings. The number of aryl methyl sites for hydroxylation is 1. The predicted molar refractivity (Wildman–Crippen MR) is 143 cm³/mol. The van der Waals surface area contributed by atoms with Crippen molar-refractivity contribution in [1.29, 1.82) is 0 Å². The smallest absolute Gasteiger partial charge is 0.253 e. The van der Waals surface area contributed by atoms with Gasteiger partial charge in [0.25, 0.3) is 5.91 Å². The van der Waals surface area contributed by atoms with Gasteiger partial charge >= 0.3 is 0 Å². The molecular weight excluding hydrogens is 452 g/mol. The molecule has 2 aromatic carbocycles. The summed E-state index contributed by atoms with van der Waals surface area (Å²) in [7, 11) is 1.63. The number of hydrogen-bond acceptors (Lipinski definition) is 7. The molecule has 3 N–H and O–H groups in total. The van der Waals surface area contributed by atoms with Gasteiger partial charge in [0.1, 0.15) is 18.2 Å². The average molecular weight is 485 g/mol. The first-order valence-electron chi connectivity index (χ1n) is 12.7. The minimum atomic E-state index is -0.131. The molecule has 0 bridgehead atoms. The average Bonchev–Trinajstić information content (AvgIpc) is 3.76. The SMILES string of the molecule is CNC(=O)c1ccccc1Nc1cc(Nc2ccc3c(c2)OCC2CN(C4CC4)CCN32)ncc1C. The monoisotopic (exact) mass is 484 g/mol. The molecule has 1 aromatic heterocycles. The van der Waals surface area contributed by atoms with Crippen LogP contribution in [0.15, 0.2) is 54.7 Å². The normalized spacial score (nSPS) is 19.1. The zero-order valence-corrected chi connectivity index (χ0v) is 20.8. The Morgan fingerprint density at radius 3 is 2.72 bits per heavy atom. The fraction of sp³-hybridized carbons (Fsp3) is 0.357. The van der Waals surface area contributed by atoms with Gasteiger partial charge in [0, 0.05) is 62.4 Å². The van der Waals surface area contributed by atoms with Gasteiger partial charge in [-0.25, -0.2) is 4.98 Å². The molecule has 1 saturated heterocycles. The summed E-state index contributed by atoms with van der Waals surface area (Å²) in [6.45, 7) is 5.99. The molecule has 2 aliphatic heterocycles. The number of hydrogen-bond donors (Lipinski definition) is 3. The van der Waals surface area contributed by atoms with E-state index in [4.69, 9.17) is 4.74 Å². The minimum absolute atomic E-state index is 0.131. The molecule has 6 rings (SSSR count). The van der Waals surface area contributed by atoms with Crippen molar-refractivity contribution in [3.05, 3.63) is 65.9 Å². The number of rotatable bonds is 6. The van der Waals surface area contributed by atoms with E-state index in [1.54, 1.807) is 13.1 Å². The van der Waals surface area contributed by atoms with Crippen LogP contribution in [-0.4, -0.2) is 61.2 Å². The molecule has 36 heavy (non-hydrogen) atoms. The second kappa shape index (κ2) is 9.35. The molecule has 1 unspecified atom stereocenters. The summed E-state index contributed by atoms with van der Waals surface area (Å²) in [6.07, 6.45) is 4.53. The third-order valence-electron chi connectivity index (χ3n) is 7.32. The number of aromatic nitrogens is 1. The van der Waals surface area contributed by atoms with Crippen molar-refractivity contribution in [2.45, 2.75) is 31.8 Å². The fourth-order valence-electron chi connectivity index (χ4n) is 5.19. The molecule has 0 radical (unpaired) electrons. The third-order valence-corrected chi connectivity index (χ3v) is 7.32. The Morgan fingerprint density at radius 1 is 1.03 bits per heavy atom. The predicted octanol–water partition coefficient (Wildman–Crippen LogP) is 4.28. The van der Waals surface area contributed by atoms with Crippen molar-refractivity contribution in [1.82, 2.24) is 15.2 Å². The second-order valence-corrected chi connectivity index (χ2v) is 9.83. The highest BCUT2D eigenvalue weighted by Gasteiger charge is 2.38. The van der Waals surface area contributed by atoms with Crippen molar-refractivity contribution < 1.29 is 9.53 Å². The number of carbonyl (C=O) groups is 1. The fourth-order valence-corrected chi connectivity index (χ4v) is 5.19. The van der Waals surface area contributed by atoms with Gasteiger partial charge in [0.15, 0.2) is 0 Å². The van der Waals surface area contributed by atoms with Crippen LogP contribution in [0.1, 0.15) is 28.8 Å². The number of piperazine rings is 1. The third kappa shape index (κ3) is 4.44. The van der Waals surface area contributed by atoms with Gasteiger partial charge in [-0.1, -0.05) is 12.1 Å². The number of anilines is 5. The lowest BCUT2D eigenvalue weighted by Gasteiger charge is -2.45. The molecule has 186 valence electrons. The number of amides is 1. The van der Waals surface area contributed by atoms with Gasteiger partial charge in [0.05, 0.1) is 23.0 Å². The highest BCUT2D eigenvalue weighted by molar-refractivity contribution is 6.00. The van der Waals surface area contributed by atoms with Gasteiger partial charge in [-0.2, -0.15) is 0 Å². The van der Waals surface area contributed by atoms with Gasteiger partial charge in [-0.15, -0.1) is 0 Å². The Hall–Kier alpha value is -3.78. The lowest BCUT2D eigenvalue weighted by molar-refractivity contribution is 0.0964. The maximum Gasteiger partial charge on any atom is 0.253 e. The molecule has 8 nitrogen and oxygen atoms in total. The van der Waals surface area contributed by atoms with E-state index < -0.39 is 0 Å². The van der Waals surface area contributed by atoms with Crippen molar-refractivity contribution >= 4 is 34.5 Å². The van der Waals surface area contributed by atoms with E-state index in [0.717, 1.165) is 60.7 Å². The molecule has 0 spiro atoms. The largest absolute Gasteiger partial charge is 0.489 e. The Labute approximate surface area is 211 Å². The Bertz CT molecular complexity index is 1290. The first kappa shape index (κ1) is 22.7. The van der Waals surface area contributed by atoms with Crippen molar-refractivity contribution in [3.8, 4) is 5.75 Å². The number of pyridine rings is 1. The van der Waals surface area contributed by atoms with E-state index in [9.17, 15) is 4.79 Å². The van der Waals surface area contributed by atoms with Gasteiger partial charge in [-0.05, 0) is 49.6 Å². The summed E-state index contributed by atoms with van der Waals surface area (Å²) >= 11 is 0. The maximum atomic E-state index is 12.3. The summed E-state index contributed by atoms with van der Waals surface area (Å²) in [6, 6.07) is 17.0. The topological polar surface area (TPSA) is 81.8 Å². The number of fused-ring (bicyclic) bond motifs is 3. The molecule has 8 heteroatoms. The number of carbonyl (C=O) groups excluding carboxylic acids is 1. The molecule has 3 aliphatic rings. The number of para-hydroxylation sites is 1. The number of nitrogens with zero attached hydrogens (tertiary/aromatic N) is 3. The van der Waals surface area contributed by atoms with E-state index in [2.05, 4.69) is 48.9 Å². The Kier molecular flexibility index (Phi) is 5.89. The summed E-state index contributed by atoms with van der Waals surface area (Å²) in [5, 5.41) is 9.52. The van der Waals surface area contributed by atoms with E-state index >= 15 is 0 Å². The van der Waals surface area contributed by atoms with Crippen LogP contribution in [-0.2, 0) is 0 Å². The van der Waals surface area contributed by atoms with Crippen molar-refractivity contribution in [3.63, 3.8) is 0 Å². The lowest BCUT2D eigenvalue weighted by Crippen LogP contribution is -2.57. The van der Waals surface area contributed by atoms with Gasteiger partial charge in [-0.3, -0.25) is 9.69 Å². The maximum absolute atomic E-state index is 12.3. The van der Waals surface area contributed by atoms with Crippen LogP contribution in [0.3, 0.4) is 0 Å². The summed E-state index contributed by atoms with van der Waals surface area (Å²) < 4.78 is 6.21. The Balaban J connectivity index is 1.19. The summed E-state index contributed by atoms with van der Waals surface area (Å²) in [4.78, 5) is 22.0. The highest BCUT2D eigenvalue weighted by Crippen LogP contribution is 2.39. The zero-order valence-electron chi connectivity index (χ0n) is 20.8. The van der Waals surface area contributed by atoms with Crippen LogP contribution >= 0.6 is 0 Å². The van der Waals surface area contributed by atoms with E-state index in [1.807, 2.05) is 37.4 Å². The van der Waals surface area contributed by atoms with Gasteiger partial charge < -0.3 is 25.6 Å². The van der Waals surface area contributed by atoms with Gasteiger partial charge in [0.2, 0.25) is 0 Å². The summed E-state index contributed by atoms with van der Waals surface area (Å²) in [5.74, 6) is 1.50. The van der Waals surface area contributed by atoms with Crippen LogP contribution in [0.25, 0.3) is 0 Å². The van der Waals surface area contributed by atoms with Crippen LogP contribution in [0.5, 0.6) is 5.75 Å². The first-order valence-corrected chi connectivity index (χ1v) is 12.7. The van der Waals surface area contributed by atoms with Crippen molar-refractivity contribution in [2.75, 3.05) is 48.8 Å². The highest BCUT2D eigenvalue weighted by atomic mass is 16.5. The molecule has 1 atom stereocenters. The quantitative estimate of drug-likeness (QED) is 0.482. The molecule has 1 amide bonds. The first-order chi connectivity index (χ1) is 17.6. The molecular formula is C28H32N6O2. The van der Waals surface area contributed by atoms with Crippen LogP contribution in [0.4, 0.5) is 28.6 Å².